The Kier molecular flexibility index (Phi) is 5.61. The van der Waals surface area contributed by atoms with E-state index < -0.39 is 24.2 Å². The fraction of sp³-hybridized carbons (Fsp3) is 0.800. The van der Waals surface area contributed by atoms with E-state index >= 15 is 0 Å². The molecule has 0 radical (unpaired) electrons. The highest BCUT2D eigenvalue weighted by Crippen LogP contribution is 2.48. The molecule has 0 aliphatic heterocycles. The molecule has 0 aromatic carbocycles. The number of rotatable bonds is 6. The fourth-order valence-corrected chi connectivity index (χ4v) is 1.02. The maximum absolute atomic E-state index is 12.8. The van der Waals surface area contributed by atoms with E-state index in [2.05, 4.69) is 0 Å². The average molecular weight is 284 g/mol. The Labute approximate surface area is 98.7 Å². The van der Waals surface area contributed by atoms with Crippen LogP contribution in [0, 0.1) is 0 Å². The second-order valence-electron chi connectivity index (χ2n) is 3.67. The van der Waals surface area contributed by atoms with E-state index in [1.54, 1.807) is 6.92 Å². The molecule has 0 nitrogen and oxygen atoms in total. The van der Waals surface area contributed by atoms with Gasteiger partial charge in [0, 0.05) is 0 Å². The van der Waals surface area contributed by atoms with Crippen molar-refractivity contribution < 1.29 is 35.1 Å². The van der Waals surface area contributed by atoms with Crippen LogP contribution in [0.1, 0.15) is 26.2 Å². The fourth-order valence-electron chi connectivity index (χ4n) is 1.02. The highest BCUT2D eigenvalue weighted by Gasteiger charge is 2.75. The van der Waals surface area contributed by atoms with Crippen molar-refractivity contribution in [3.05, 3.63) is 12.2 Å². The summed E-state index contributed by atoms with van der Waals surface area (Å²) in [6.07, 6.45) is -8.06. The Morgan fingerprint density at radius 2 is 1.50 bits per heavy atom. The minimum absolute atomic E-state index is 0.0370. The summed E-state index contributed by atoms with van der Waals surface area (Å²) in [6, 6.07) is 0. The molecule has 0 N–H and O–H groups in total. The van der Waals surface area contributed by atoms with Crippen LogP contribution in [-0.2, 0) is 0 Å². The highest BCUT2D eigenvalue weighted by atomic mass is 19.4. The van der Waals surface area contributed by atoms with Crippen molar-refractivity contribution >= 4 is 0 Å². The van der Waals surface area contributed by atoms with E-state index in [0.29, 0.717) is 12.8 Å². The summed E-state index contributed by atoms with van der Waals surface area (Å²) in [5.74, 6) is -12.2. The molecule has 0 amide bonds. The molecule has 0 saturated heterocycles. The Balaban J connectivity index is 4.86. The van der Waals surface area contributed by atoms with Gasteiger partial charge in [-0.2, -0.15) is 30.7 Å². The van der Waals surface area contributed by atoms with Gasteiger partial charge in [-0.1, -0.05) is 25.8 Å². The van der Waals surface area contributed by atoms with Crippen LogP contribution in [0.2, 0.25) is 0 Å². The van der Waals surface area contributed by atoms with E-state index in [4.69, 9.17) is 0 Å². The van der Waals surface area contributed by atoms with E-state index in [1.165, 1.54) is 0 Å². The predicted molar refractivity (Wildman–Crippen MR) is 49.5 cm³/mol. The van der Waals surface area contributed by atoms with E-state index in [-0.39, 0.29) is 12.5 Å². The molecule has 0 rings (SSSR count). The van der Waals surface area contributed by atoms with Gasteiger partial charge < -0.3 is 0 Å². The molecule has 0 fully saturated rings. The van der Waals surface area contributed by atoms with Crippen molar-refractivity contribution in [1.29, 1.82) is 0 Å². The Morgan fingerprint density at radius 3 is 1.89 bits per heavy atom. The molecule has 0 heterocycles. The van der Waals surface area contributed by atoms with Gasteiger partial charge in [0.25, 0.3) is 0 Å². The Bertz CT molecular complexity index is 278. The molecule has 0 spiro atoms. The number of unbranched alkanes of at least 4 members (excludes halogenated alkanes) is 2. The van der Waals surface area contributed by atoms with Crippen LogP contribution in [0.25, 0.3) is 0 Å². The number of hydrogen-bond acceptors (Lipinski definition) is 0. The second kappa shape index (κ2) is 5.88. The zero-order valence-electron chi connectivity index (χ0n) is 9.38. The quantitative estimate of drug-likeness (QED) is 0.369. The molecule has 8 heteroatoms. The molecular formula is C10H12F8. The molecule has 0 bridgehead atoms. The maximum Gasteiger partial charge on any atom is 0.460 e. The number of allylic oxidation sites excluding steroid dienone is 2. The maximum atomic E-state index is 12.8. The number of halogens is 8. The van der Waals surface area contributed by atoms with E-state index in [0.717, 1.165) is 6.08 Å². The van der Waals surface area contributed by atoms with Crippen LogP contribution >= 0.6 is 0 Å². The first-order valence-electron chi connectivity index (χ1n) is 5.11. The zero-order valence-corrected chi connectivity index (χ0v) is 9.38. The molecule has 0 aliphatic rings. The van der Waals surface area contributed by atoms with Gasteiger partial charge in [0.05, 0.1) is 0 Å². The van der Waals surface area contributed by atoms with Crippen molar-refractivity contribution in [2.45, 2.75) is 50.4 Å². The van der Waals surface area contributed by atoms with Gasteiger partial charge in [-0.25, -0.2) is 4.39 Å². The van der Waals surface area contributed by atoms with Crippen LogP contribution in [0.4, 0.5) is 35.1 Å². The summed E-state index contributed by atoms with van der Waals surface area (Å²) < 4.78 is 98.1. The molecule has 0 aromatic rings. The summed E-state index contributed by atoms with van der Waals surface area (Å²) in [6.45, 7) is 1.74. The topological polar surface area (TPSA) is 0 Å². The molecule has 1 unspecified atom stereocenters. The standard InChI is InChI=1S/C10H12F8/c1-2-3-4-5-6-7(11)8(12,13)9(14,15)10(16,17)18/h5-7H,2-4H2,1H3. The van der Waals surface area contributed by atoms with Crippen molar-refractivity contribution in [2.24, 2.45) is 0 Å². The minimum Gasteiger partial charge on any atom is -0.236 e. The first-order valence-corrected chi connectivity index (χ1v) is 5.11. The second-order valence-corrected chi connectivity index (χ2v) is 3.67. The van der Waals surface area contributed by atoms with Crippen molar-refractivity contribution in [2.75, 3.05) is 0 Å². The van der Waals surface area contributed by atoms with Gasteiger partial charge >= 0.3 is 18.0 Å². The number of alkyl halides is 8. The van der Waals surface area contributed by atoms with Gasteiger partial charge in [-0.3, -0.25) is 0 Å². The molecule has 0 aromatic heterocycles. The van der Waals surface area contributed by atoms with Crippen LogP contribution < -0.4 is 0 Å². The monoisotopic (exact) mass is 284 g/mol. The molecule has 1 atom stereocenters. The van der Waals surface area contributed by atoms with Gasteiger partial charge in [0.2, 0.25) is 0 Å². The lowest BCUT2D eigenvalue weighted by molar-refractivity contribution is -0.362. The molecular weight excluding hydrogens is 272 g/mol. The number of hydrogen-bond donors (Lipinski definition) is 0. The van der Waals surface area contributed by atoms with Crippen LogP contribution in [0.5, 0.6) is 0 Å². The zero-order chi connectivity index (χ0) is 14.6. The summed E-state index contributed by atoms with van der Waals surface area (Å²) in [7, 11) is 0. The van der Waals surface area contributed by atoms with Crippen molar-refractivity contribution in [1.82, 2.24) is 0 Å². The Hall–Kier alpha value is -0.820. The van der Waals surface area contributed by atoms with Crippen LogP contribution in [-0.4, -0.2) is 24.2 Å². The lowest BCUT2D eigenvalue weighted by Gasteiger charge is -2.29. The minimum atomic E-state index is -6.50. The van der Waals surface area contributed by atoms with Crippen LogP contribution in [0.15, 0.2) is 12.2 Å². The average Bonchev–Trinajstić information content (AvgIpc) is 2.22. The first kappa shape index (κ1) is 17.2. The first-order chi connectivity index (χ1) is 7.98. The lowest BCUT2D eigenvalue weighted by atomic mass is 10.1. The SMILES string of the molecule is CCCCC=CC(F)C(F)(F)C(F)(F)C(F)(F)F. The third-order valence-corrected chi connectivity index (χ3v) is 2.15. The van der Waals surface area contributed by atoms with Crippen LogP contribution in [0.3, 0.4) is 0 Å². The molecule has 0 aliphatic carbocycles. The van der Waals surface area contributed by atoms with Gasteiger partial charge in [-0.15, -0.1) is 0 Å². The molecule has 18 heavy (non-hydrogen) atoms. The summed E-state index contributed by atoms with van der Waals surface area (Å²) in [4.78, 5) is 0. The summed E-state index contributed by atoms with van der Waals surface area (Å²) in [5, 5.41) is 0. The summed E-state index contributed by atoms with van der Waals surface area (Å²) in [5.41, 5.74) is 0. The van der Waals surface area contributed by atoms with Crippen molar-refractivity contribution in [3.63, 3.8) is 0 Å². The van der Waals surface area contributed by atoms with E-state index in [1.807, 2.05) is 0 Å². The normalized spacial score (nSPS) is 16.3. The largest absolute Gasteiger partial charge is 0.460 e. The summed E-state index contributed by atoms with van der Waals surface area (Å²) >= 11 is 0. The van der Waals surface area contributed by atoms with E-state index in [9.17, 15) is 35.1 Å². The van der Waals surface area contributed by atoms with Gasteiger partial charge in [-0.05, 0) is 12.5 Å². The van der Waals surface area contributed by atoms with Gasteiger partial charge in [0.1, 0.15) is 0 Å². The lowest BCUT2D eigenvalue weighted by Crippen LogP contribution is -2.56. The predicted octanol–water partition coefficient (Wildman–Crippen LogP) is 4.90. The smallest absolute Gasteiger partial charge is 0.236 e. The molecule has 0 saturated carbocycles. The molecule has 108 valence electrons. The van der Waals surface area contributed by atoms with Gasteiger partial charge in [0.15, 0.2) is 6.17 Å². The third kappa shape index (κ3) is 3.58. The third-order valence-electron chi connectivity index (χ3n) is 2.15. The van der Waals surface area contributed by atoms with Crippen molar-refractivity contribution in [3.8, 4) is 0 Å². The Morgan fingerprint density at radius 1 is 1.00 bits per heavy atom. The highest BCUT2D eigenvalue weighted by molar-refractivity contribution is 5.04.